The summed E-state index contributed by atoms with van der Waals surface area (Å²) in [6.07, 6.45) is 3.04. The molecule has 23 heteroatoms. The lowest BCUT2D eigenvalue weighted by Gasteiger charge is -2.30. The van der Waals surface area contributed by atoms with E-state index in [1.165, 1.54) is 42.2 Å². The third kappa shape index (κ3) is 13.7. The molecule has 0 amide bonds. The number of rotatable bonds is 24. The lowest BCUT2D eigenvalue weighted by Crippen LogP contribution is -2.31. The summed E-state index contributed by atoms with van der Waals surface area (Å²) in [5.74, 6) is -10.5. The minimum Gasteiger partial charge on any atom is -0.481 e. The number of alkyl halides is 3. The fourth-order valence-electron chi connectivity index (χ4n) is 8.58. The van der Waals surface area contributed by atoms with Crippen LogP contribution >= 0.6 is 0 Å². The summed E-state index contributed by atoms with van der Waals surface area (Å²) in [7, 11) is -13.1. The first-order chi connectivity index (χ1) is 30.0. The van der Waals surface area contributed by atoms with Crippen molar-refractivity contribution >= 4 is 53.4 Å². The summed E-state index contributed by atoms with van der Waals surface area (Å²) in [5.41, 5.74) is -3.80. The van der Waals surface area contributed by atoms with Gasteiger partial charge < -0.3 is 10.0 Å². The zero-order valence-electron chi connectivity index (χ0n) is 35.6. The van der Waals surface area contributed by atoms with Gasteiger partial charge >= 0.3 is 12.1 Å². The molecule has 0 aliphatic carbocycles. The van der Waals surface area contributed by atoms with Crippen molar-refractivity contribution in [3.63, 3.8) is 0 Å². The minimum atomic E-state index is -4.76. The van der Waals surface area contributed by atoms with Crippen molar-refractivity contribution in [2.75, 3.05) is 35.2 Å². The van der Waals surface area contributed by atoms with Crippen LogP contribution in [0.4, 0.5) is 42.1 Å². The van der Waals surface area contributed by atoms with Gasteiger partial charge in [0, 0.05) is 53.8 Å². The van der Waals surface area contributed by atoms with Crippen molar-refractivity contribution in [3.05, 3.63) is 94.2 Å². The highest BCUT2D eigenvalue weighted by Crippen LogP contribution is 2.54. The fourth-order valence-corrected chi connectivity index (χ4v) is 10.3. The third-order valence-electron chi connectivity index (χ3n) is 11.7. The van der Waals surface area contributed by atoms with E-state index in [0.29, 0.717) is 11.3 Å². The maximum atomic E-state index is 15.9. The molecule has 2 aromatic rings. The van der Waals surface area contributed by atoms with Crippen LogP contribution in [0.15, 0.2) is 54.3 Å². The van der Waals surface area contributed by atoms with E-state index >= 15 is 8.78 Å². The summed E-state index contributed by atoms with van der Waals surface area (Å²) in [4.78, 5) is 12.3. The van der Waals surface area contributed by atoms with E-state index in [1.807, 2.05) is 0 Å². The SMILES string of the molecule is CC1(CCCCS(=O)(=O)O)C(/C=C/C=C/C=C2/N(CCCCCC(=O)O)c3c(F)c(F)c(F)c(F)c3C2(C)CCCCS(=O)(=O)O)=[N+](CCCCS(=O)(=O)O)c2cc(C(F)(F)F)ccc21. The lowest BCUT2D eigenvalue weighted by atomic mass is 9.75. The van der Waals surface area contributed by atoms with Crippen molar-refractivity contribution in [1.82, 2.24) is 0 Å². The zero-order valence-corrected chi connectivity index (χ0v) is 38.0. The van der Waals surface area contributed by atoms with Crippen LogP contribution in [0.2, 0.25) is 0 Å². The monoisotopic (exact) mass is 989 g/mol. The van der Waals surface area contributed by atoms with Crippen LogP contribution in [0.3, 0.4) is 0 Å². The Morgan fingerprint density at radius 2 is 1.26 bits per heavy atom. The van der Waals surface area contributed by atoms with Crippen LogP contribution in [0.5, 0.6) is 0 Å². The summed E-state index contributed by atoms with van der Waals surface area (Å²) in [6, 6.07) is 3.12. The van der Waals surface area contributed by atoms with Gasteiger partial charge in [-0.3, -0.25) is 18.5 Å². The van der Waals surface area contributed by atoms with Crippen LogP contribution in [-0.4, -0.2) is 90.6 Å². The first-order valence-electron chi connectivity index (χ1n) is 20.7. The molecule has 0 saturated carbocycles. The predicted molar refractivity (Wildman–Crippen MR) is 228 cm³/mol. The van der Waals surface area contributed by atoms with Gasteiger partial charge in [-0.2, -0.15) is 43.0 Å². The van der Waals surface area contributed by atoms with E-state index in [9.17, 15) is 65.7 Å². The van der Waals surface area contributed by atoms with Crippen LogP contribution in [0.25, 0.3) is 0 Å². The minimum absolute atomic E-state index is 0.00870. The molecule has 362 valence electrons. The number of hydrogen-bond acceptors (Lipinski definition) is 8. The molecule has 0 aromatic heterocycles. The number of carbonyl (C=O) groups is 1. The van der Waals surface area contributed by atoms with Gasteiger partial charge in [0.05, 0.1) is 33.9 Å². The Morgan fingerprint density at radius 1 is 0.708 bits per heavy atom. The number of hydrogen-bond donors (Lipinski definition) is 4. The number of carboxylic acid groups (broad SMARTS) is 1. The Bertz CT molecular complexity index is 2580. The highest BCUT2D eigenvalue weighted by molar-refractivity contribution is 7.86. The van der Waals surface area contributed by atoms with E-state index in [4.69, 9.17) is 5.11 Å². The quantitative estimate of drug-likeness (QED) is 0.0148. The number of fused-ring (bicyclic) bond motifs is 2. The zero-order chi connectivity index (χ0) is 48.8. The second-order valence-corrected chi connectivity index (χ2v) is 21.3. The van der Waals surface area contributed by atoms with Gasteiger partial charge in [-0.25, -0.2) is 17.6 Å². The fraction of sp³-hybridized carbons (Fsp3) is 0.524. The Kier molecular flexibility index (Phi) is 17.4. The number of benzene rings is 2. The van der Waals surface area contributed by atoms with Gasteiger partial charge in [0.15, 0.2) is 29.0 Å². The number of unbranched alkanes of at least 4 members (excludes halogenated alkanes) is 5. The summed E-state index contributed by atoms with van der Waals surface area (Å²) in [5, 5.41) is 9.07. The third-order valence-corrected chi connectivity index (χ3v) is 14.1. The number of aliphatic carboxylic acids is 1. The Morgan fingerprint density at radius 3 is 1.82 bits per heavy atom. The normalized spacial score (nSPS) is 19.9. The van der Waals surface area contributed by atoms with Crippen molar-refractivity contribution in [1.29, 1.82) is 0 Å². The van der Waals surface area contributed by atoms with Crippen molar-refractivity contribution in [2.24, 2.45) is 0 Å². The molecule has 13 nitrogen and oxygen atoms in total. The smallest absolute Gasteiger partial charge is 0.416 e. The Hall–Kier alpha value is -4.16. The molecule has 2 aliphatic heterocycles. The van der Waals surface area contributed by atoms with Crippen molar-refractivity contribution < 1.29 is 84.1 Å². The molecule has 0 bridgehead atoms. The molecule has 65 heavy (non-hydrogen) atoms. The average Bonchev–Trinajstić information content (AvgIpc) is 3.56. The summed E-state index contributed by atoms with van der Waals surface area (Å²) < 4.78 is 202. The number of anilines is 1. The molecular weight excluding hydrogens is 938 g/mol. The molecule has 2 unspecified atom stereocenters. The van der Waals surface area contributed by atoms with Gasteiger partial charge in [-0.05, 0) is 70.9 Å². The number of carboxylic acids is 1. The molecule has 2 aliphatic rings. The first kappa shape index (κ1) is 53.5. The Balaban J connectivity index is 1.85. The molecule has 2 atom stereocenters. The number of allylic oxidation sites excluding steroid dienone is 6. The second kappa shape index (κ2) is 21.2. The molecule has 2 heterocycles. The van der Waals surface area contributed by atoms with Crippen LogP contribution < -0.4 is 4.90 Å². The largest absolute Gasteiger partial charge is 0.481 e. The maximum absolute atomic E-state index is 15.9. The molecule has 0 radical (unpaired) electrons. The van der Waals surface area contributed by atoms with Crippen LogP contribution in [0, 0.1) is 23.3 Å². The van der Waals surface area contributed by atoms with Crippen LogP contribution in [-0.2, 0) is 52.2 Å². The molecular formula is C42H52F7N2O11S3+. The maximum Gasteiger partial charge on any atom is 0.416 e. The topological polar surface area (TPSA) is 207 Å². The standard InChI is InChI=1S/C42H51F7N2O11S3/c1-40(20-8-12-24-63(54,55)56)29-19-18-28(42(47,48)49)27-30(29)50(22-11-14-26-65(60,61)62)31(40)15-5-3-6-16-32-41(2,21-9-13-25-64(57,58)59)34-35(43)36(44)37(45)38(46)39(34)51(32)23-10-4-7-17-33(52)53/h3,5-6,15-16,18-19,27H,4,7-14,17,20-26H2,1-2H3,(H3-,52,53,54,55,56,57,58,59,60,61,62)/p+1. The van der Waals surface area contributed by atoms with E-state index in [1.54, 1.807) is 17.6 Å². The van der Waals surface area contributed by atoms with Gasteiger partial charge in [-0.15, -0.1) is 0 Å². The molecule has 0 spiro atoms. The van der Waals surface area contributed by atoms with E-state index < -0.39 is 111 Å². The predicted octanol–water partition coefficient (Wildman–Crippen LogP) is 8.82. The van der Waals surface area contributed by atoms with Gasteiger partial charge in [0.25, 0.3) is 30.4 Å². The molecule has 2 aromatic carbocycles. The van der Waals surface area contributed by atoms with Gasteiger partial charge in [0.1, 0.15) is 6.54 Å². The number of nitrogens with zero attached hydrogens (tertiary/aromatic N) is 2. The molecule has 4 rings (SSSR count). The van der Waals surface area contributed by atoms with Gasteiger partial charge in [0.2, 0.25) is 5.69 Å². The summed E-state index contributed by atoms with van der Waals surface area (Å²) in [6.45, 7) is 2.99. The highest BCUT2D eigenvalue weighted by atomic mass is 32.2. The lowest BCUT2D eigenvalue weighted by molar-refractivity contribution is -0.438. The van der Waals surface area contributed by atoms with E-state index in [2.05, 4.69) is 0 Å². The van der Waals surface area contributed by atoms with Crippen LogP contribution in [0.1, 0.15) is 108 Å². The molecule has 0 saturated heterocycles. The van der Waals surface area contributed by atoms with Crippen molar-refractivity contribution in [3.8, 4) is 0 Å². The molecule has 0 fully saturated rings. The summed E-state index contributed by atoms with van der Waals surface area (Å²) >= 11 is 0. The average molecular weight is 990 g/mol. The first-order valence-corrected chi connectivity index (χ1v) is 25.5. The Labute approximate surface area is 373 Å². The van der Waals surface area contributed by atoms with E-state index in [-0.39, 0.29) is 102 Å². The number of halogens is 7. The highest BCUT2D eigenvalue weighted by Gasteiger charge is 2.50. The van der Waals surface area contributed by atoms with E-state index in [0.717, 1.165) is 12.1 Å². The van der Waals surface area contributed by atoms with Crippen molar-refractivity contribution in [2.45, 2.75) is 108 Å². The second-order valence-electron chi connectivity index (χ2n) is 16.5. The molecule has 4 N–H and O–H groups in total. The van der Waals surface area contributed by atoms with Gasteiger partial charge in [-0.1, -0.05) is 43.6 Å².